The van der Waals surface area contributed by atoms with E-state index in [9.17, 15) is 13.2 Å². The van der Waals surface area contributed by atoms with E-state index in [1.54, 1.807) is 4.90 Å². The Bertz CT molecular complexity index is 1300. The number of piperidine rings is 1. The van der Waals surface area contributed by atoms with Crippen molar-refractivity contribution in [3.8, 4) is 0 Å². The second kappa shape index (κ2) is 10.5. The molecular formula is C24H32N6O4S2. The quantitative estimate of drug-likeness (QED) is 0.497. The molecule has 2 aliphatic rings. The van der Waals surface area contributed by atoms with Crippen LogP contribution in [0.1, 0.15) is 53.4 Å². The molecule has 1 N–H and O–H groups in total. The van der Waals surface area contributed by atoms with Crippen molar-refractivity contribution in [1.82, 2.24) is 29.6 Å². The summed E-state index contributed by atoms with van der Waals surface area (Å²) in [5.41, 5.74) is 4.04. The van der Waals surface area contributed by atoms with Crippen LogP contribution in [0, 0.1) is 5.92 Å². The van der Waals surface area contributed by atoms with Gasteiger partial charge in [0, 0.05) is 32.1 Å². The smallest absolute Gasteiger partial charge is 0.284 e. The van der Waals surface area contributed by atoms with Gasteiger partial charge in [-0.3, -0.25) is 9.48 Å². The minimum atomic E-state index is -3.39. The molecule has 36 heavy (non-hydrogen) atoms. The molecule has 0 spiro atoms. The maximum absolute atomic E-state index is 12.8. The minimum Gasteiger partial charge on any atom is -0.374 e. The van der Waals surface area contributed by atoms with Crippen molar-refractivity contribution in [2.45, 2.75) is 50.2 Å². The van der Waals surface area contributed by atoms with Crippen LogP contribution in [0.3, 0.4) is 0 Å². The van der Waals surface area contributed by atoms with E-state index in [1.165, 1.54) is 27.8 Å². The number of fused-ring (bicyclic) bond motifs is 1. The van der Waals surface area contributed by atoms with Crippen molar-refractivity contribution in [2.75, 3.05) is 26.0 Å². The highest BCUT2D eigenvalue weighted by Crippen LogP contribution is 2.37. The van der Waals surface area contributed by atoms with Gasteiger partial charge in [0.1, 0.15) is 5.51 Å². The molecular weight excluding hydrogens is 500 g/mol. The molecule has 2 fully saturated rings. The SMILES string of the molecule is Cn1ncc2cc(C3CCC(CO[C@@H]4CN(C(=O)c5nncs5)CC[C@@H]4NS(C)(=O)=O)CC3)ccc21. The fraction of sp³-hybridized carbons (Fsp3) is 0.583. The van der Waals surface area contributed by atoms with Gasteiger partial charge >= 0.3 is 0 Å². The summed E-state index contributed by atoms with van der Waals surface area (Å²) in [7, 11) is -1.43. The standard InChI is InChI=1S/C24H32N6O4S2/c1-29-21-8-7-18(11-19(21)12-26-29)17-5-3-16(4-6-17)14-34-22-13-30(24(31)23-27-25-15-35-23)10-9-20(22)28-36(2,32)33/h7-8,11-12,15-17,20,22,28H,3-6,9-10,13-14H2,1-2H3/t16?,17?,20-,22+/m0/s1. The lowest BCUT2D eigenvalue weighted by Gasteiger charge is -2.39. The summed E-state index contributed by atoms with van der Waals surface area (Å²) in [5, 5.41) is 13.5. The summed E-state index contributed by atoms with van der Waals surface area (Å²) in [5.74, 6) is 0.756. The maximum atomic E-state index is 12.8. The van der Waals surface area contributed by atoms with Crippen molar-refractivity contribution in [2.24, 2.45) is 13.0 Å². The van der Waals surface area contributed by atoms with Crippen LogP contribution in [0.4, 0.5) is 0 Å². The van der Waals surface area contributed by atoms with Crippen molar-refractivity contribution < 1.29 is 17.9 Å². The zero-order chi connectivity index (χ0) is 25.3. The van der Waals surface area contributed by atoms with Gasteiger partial charge in [-0.05, 0) is 61.6 Å². The average molecular weight is 533 g/mol. The Morgan fingerprint density at radius 1 is 1.22 bits per heavy atom. The first kappa shape index (κ1) is 25.2. The van der Waals surface area contributed by atoms with E-state index in [4.69, 9.17) is 4.74 Å². The second-order valence-corrected chi connectivity index (χ2v) is 12.6. The van der Waals surface area contributed by atoms with Crippen LogP contribution in [0.25, 0.3) is 10.9 Å². The monoisotopic (exact) mass is 532 g/mol. The number of rotatable bonds is 7. The molecule has 1 saturated carbocycles. The van der Waals surface area contributed by atoms with Crippen molar-refractivity contribution in [3.05, 3.63) is 40.5 Å². The molecule has 0 unspecified atom stereocenters. The Balaban J connectivity index is 1.18. The average Bonchev–Trinajstić information content (AvgIpc) is 3.53. The number of carbonyl (C=O) groups is 1. The molecule has 12 heteroatoms. The van der Waals surface area contributed by atoms with Crippen LogP contribution < -0.4 is 4.72 Å². The molecule has 1 aliphatic heterocycles. The lowest BCUT2D eigenvalue weighted by Crippen LogP contribution is -2.56. The Kier molecular flexibility index (Phi) is 7.38. The van der Waals surface area contributed by atoms with Crippen molar-refractivity contribution >= 4 is 38.2 Å². The Morgan fingerprint density at radius 3 is 2.75 bits per heavy atom. The lowest BCUT2D eigenvalue weighted by atomic mass is 9.79. The molecule has 10 nitrogen and oxygen atoms in total. The predicted octanol–water partition coefficient (Wildman–Crippen LogP) is 2.55. The van der Waals surface area contributed by atoms with Gasteiger partial charge in [0.25, 0.3) is 5.91 Å². The molecule has 0 bridgehead atoms. The number of carbonyl (C=O) groups excluding carboxylic acids is 1. The zero-order valence-corrected chi connectivity index (χ0v) is 22.2. The number of aryl methyl sites for hydroxylation is 1. The maximum Gasteiger partial charge on any atom is 0.284 e. The largest absolute Gasteiger partial charge is 0.374 e. The molecule has 3 heterocycles. The zero-order valence-electron chi connectivity index (χ0n) is 20.5. The predicted molar refractivity (Wildman–Crippen MR) is 137 cm³/mol. The molecule has 2 atom stereocenters. The number of nitrogens with zero attached hydrogens (tertiary/aromatic N) is 5. The van der Waals surface area contributed by atoms with Gasteiger partial charge in [-0.15, -0.1) is 10.2 Å². The highest BCUT2D eigenvalue weighted by atomic mass is 32.2. The number of amides is 1. The van der Waals surface area contributed by atoms with E-state index in [0.29, 0.717) is 43.0 Å². The summed E-state index contributed by atoms with van der Waals surface area (Å²) in [6.07, 6.45) is 7.46. The third kappa shape index (κ3) is 5.77. The number of benzene rings is 1. The fourth-order valence-corrected chi connectivity index (χ4v) is 6.78. The van der Waals surface area contributed by atoms with E-state index >= 15 is 0 Å². The highest BCUT2D eigenvalue weighted by molar-refractivity contribution is 7.88. The summed E-state index contributed by atoms with van der Waals surface area (Å²) >= 11 is 1.20. The molecule has 194 valence electrons. The summed E-state index contributed by atoms with van der Waals surface area (Å²) in [4.78, 5) is 14.5. The molecule has 1 aromatic carbocycles. The number of likely N-dealkylation sites (tertiary alicyclic amines) is 1. The van der Waals surface area contributed by atoms with Crippen LogP contribution in [-0.4, -0.2) is 77.3 Å². The van der Waals surface area contributed by atoms with Crippen LogP contribution in [0.2, 0.25) is 0 Å². The van der Waals surface area contributed by atoms with Gasteiger partial charge < -0.3 is 9.64 Å². The van der Waals surface area contributed by atoms with Crippen LogP contribution >= 0.6 is 11.3 Å². The van der Waals surface area contributed by atoms with E-state index in [2.05, 4.69) is 38.2 Å². The Morgan fingerprint density at radius 2 is 2.03 bits per heavy atom. The topological polar surface area (TPSA) is 119 Å². The molecule has 1 aliphatic carbocycles. The Hall–Kier alpha value is -2.41. The van der Waals surface area contributed by atoms with Crippen LogP contribution in [0.5, 0.6) is 0 Å². The lowest BCUT2D eigenvalue weighted by molar-refractivity contribution is -0.0311. The third-order valence-electron chi connectivity index (χ3n) is 7.39. The first-order chi connectivity index (χ1) is 17.3. The molecule has 1 saturated heterocycles. The highest BCUT2D eigenvalue weighted by Gasteiger charge is 2.35. The molecule has 1 amide bonds. The van der Waals surface area contributed by atoms with Crippen LogP contribution in [-0.2, 0) is 21.8 Å². The fourth-order valence-electron chi connectivity index (χ4n) is 5.44. The number of ether oxygens (including phenoxy) is 1. The summed E-state index contributed by atoms with van der Waals surface area (Å²) in [6.45, 7) is 1.33. The van der Waals surface area contributed by atoms with Gasteiger partial charge in [0.15, 0.2) is 0 Å². The van der Waals surface area contributed by atoms with E-state index < -0.39 is 16.1 Å². The summed E-state index contributed by atoms with van der Waals surface area (Å²) in [6, 6.07) is 6.27. The molecule has 5 rings (SSSR count). The number of hydrogen-bond acceptors (Lipinski definition) is 8. The van der Waals surface area contributed by atoms with Gasteiger partial charge in [0.2, 0.25) is 15.0 Å². The van der Waals surface area contributed by atoms with Crippen LogP contribution in [0.15, 0.2) is 29.9 Å². The molecule has 0 radical (unpaired) electrons. The van der Waals surface area contributed by atoms with E-state index in [1.807, 2.05) is 17.9 Å². The van der Waals surface area contributed by atoms with Crippen molar-refractivity contribution in [1.29, 1.82) is 0 Å². The Labute approximate surface area is 215 Å². The summed E-state index contributed by atoms with van der Waals surface area (Å²) < 4.78 is 34.8. The van der Waals surface area contributed by atoms with E-state index in [0.717, 1.165) is 37.5 Å². The van der Waals surface area contributed by atoms with Crippen molar-refractivity contribution in [3.63, 3.8) is 0 Å². The number of sulfonamides is 1. The molecule has 2 aromatic heterocycles. The van der Waals surface area contributed by atoms with Gasteiger partial charge in [-0.1, -0.05) is 17.4 Å². The van der Waals surface area contributed by atoms with Gasteiger partial charge in [-0.2, -0.15) is 5.10 Å². The number of nitrogens with one attached hydrogen (secondary N) is 1. The first-order valence-electron chi connectivity index (χ1n) is 12.3. The second-order valence-electron chi connectivity index (χ2n) is 9.96. The number of hydrogen-bond donors (Lipinski definition) is 1. The van der Waals surface area contributed by atoms with Gasteiger partial charge in [0.05, 0.1) is 30.1 Å². The number of aromatic nitrogens is 4. The third-order valence-corrected chi connectivity index (χ3v) is 8.80. The van der Waals surface area contributed by atoms with Gasteiger partial charge in [-0.25, -0.2) is 13.1 Å². The minimum absolute atomic E-state index is 0.185. The normalized spacial score (nSPS) is 25.3. The van der Waals surface area contributed by atoms with E-state index in [-0.39, 0.29) is 11.9 Å². The molecule has 3 aromatic rings. The first-order valence-corrected chi connectivity index (χ1v) is 15.1.